The van der Waals surface area contributed by atoms with Gasteiger partial charge in [0, 0.05) is 11.8 Å². The van der Waals surface area contributed by atoms with E-state index in [4.69, 9.17) is 13.8 Å². The number of ketones is 1. The third kappa shape index (κ3) is 4.91. The smallest absolute Gasteiger partial charge is 0.399 e. The fourth-order valence-corrected chi connectivity index (χ4v) is 3.20. The molecule has 1 aliphatic rings. The fourth-order valence-electron chi connectivity index (χ4n) is 3.20. The Balaban J connectivity index is 1.80. The van der Waals surface area contributed by atoms with Crippen molar-refractivity contribution in [2.24, 2.45) is 0 Å². The molecule has 0 N–H and O–H groups in total. The van der Waals surface area contributed by atoms with E-state index >= 15 is 0 Å². The lowest BCUT2D eigenvalue weighted by molar-refractivity contribution is -0.138. The quantitative estimate of drug-likeness (QED) is 0.491. The molecular formula is C22H28BF3N2O4. The number of halogens is 3. The van der Waals surface area contributed by atoms with Crippen LogP contribution in [0.2, 0.25) is 0 Å². The van der Waals surface area contributed by atoms with Gasteiger partial charge in [-0.15, -0.1) is 0 Å². The van der Waals surface area contributed by atoms with Gasteiger partial charge in [-0.25, -0.2) is 0 Å². The molecule has 0 spiro atoms. The molecule has 1 fully saturated rings. The second-order valence-electron chi connectivity index (χ2n) is 10.1. The highest BCUT2D eigenvalue weighted by atomic mass is 19.4. The molecule has 2 heterocycles. The van der Waals surface area contributed by atoms with E-state index in [0.717, 1.165) is 6.07 Å². The van der Waals surface area contributed by atoms with Crippen LogP contribution in [0.5, 0.6) is 0 Å². The number of hydrogen-bond acceptors (Lipinski definition) is 6. The molecule has 0 bridgehead atoms. The lowest BCUT2D eigenvalue weighted by Crippen LogP contribution is -2.41. The molecule has 3 rings (SSSR count). The SMILES string of the molecule is CC(C)(C)c1noc(C(=O)CCc2ccc(B3OC(C)(C)C(C)(C)O3)cc2C(F)(F)F)n1. The van der Waals surface area contributed by atoms with Gasteiger partial charge in [0.25, 0.3) is 5.89 Å². The van der Waals surface area contributed by atoms with Crippen LogP contribution in [0.15, 0.2) is 22.7 Å². The molecule has 1 aromatic heterocycles. The first-order valence-electron chi connectivity index (χ1n) is 10.4. The molecule has 10 heteroatoms. The van der Waals surface area contributed by atoms with Crippen LogP contribution in [0, 0.1) is 0 Å². The van der Waals surface area contributed by atoms with E-state index in [0.29, 0.717) is 5.82 Å². The molecule has 0 aliphatic carbocycles. The summed E-state index contributed by atoms with van der Waals surface area (Å²) in [5.74, 6) is -0.336. The van der Waals surface area contributed by atoms with Crippen molar-refractivity contribution in [1.82, 2.24) is 10.1 Å². The molecule has 0 unspecified atom stereocenters. The first-order chi connectivity index (χ1) is 14.5. The topological polar surface area (TPSA) is 74.5 Å². The van der Waals surface area contributed by atoms with Crippen molar-refractivity contribution < 1.29 is 31.8 Å². The van der Waals surface area contributed by atoms with Gasteiger partial charge < -0.3 is 13.8 Å². The van der Waals surface area contributed by atoms with Gasteiger partial charge in [0.15, 0.2) is 5.82 Å². The van der Waals surface area contributed by atoms with E-state index in [-0.39, 0.29) is 29.8 Å². The van der Waals surface area contributed by atoms with E-state index in [1.807, 2.05) is 48.5 Å². The molecule has 0 saturated carbocycles. The maximum Gasteiger partial charge on any atom is 0.494 e. The van der Waals surface area contributed by atoms with Gasteiger partial charge in [-0.05, 0) is 51.2 Å². The molecule has 0 radical (unpaired) electrons. The Kier molecular flexibility index (Phi) is 6.10. The monoisotopic (exact) mass is 452 g/mol. The van der Waals surface area contributed by atoms with Crippen molar-refractivity contribution in [3.05, 3.63) is 41.0 Å². The lowest BCUT2D eigenvalue weighted by Gasteiger charge is -2.32. The van der Waals surface area contributed by atoms with Gasteiger partial charge in [-0.2, -0.15) is 18.2 Å². The standard InChI is InChI=1S/C22H28BF3N2O4/c1-19(2,3)18-27-17(30-28-18)16(29)11-9-13-8-10-14(12-15(13)22(24,25)26)23-31-20(4,5)21(6,7)32-23/h8,10,12H,9,11H2,1-7H3. The van der Waals surface area contributed by atoms with Crippen LogP contribution in [-0.2, 0) is 27.3 Å². The first kappa shape index (κ1) is 24.4. The molecule has 2 aromatic rings. The third-order valence-electron chi connectivity index (χ3n) is 5.92. The molecule has 1 aliphatic heterocycles. The Morgan fingerprint density at radius 3 is 2.16 bits per heavy atom. The van der Waals surface area contributed by atoms with Gasteiger partial charge in [0.2, 0.25) is 5.78 Å². The Morgan fingerprint density at radius 2 is 1.66 bits per heavy atom. The number of aryl methyl sites for hydroxylation is 1. The Bertz CT molecular complexity index is 993. The minimum atomic E-state index is -4.60. The van der Waals surface area contributed by atoms with Crippen LogP contribution in [0.3, 0.4) is 0 Å². The maximum atomic E-state index is 13.8. The summed E-state index contributed by atoms with van der Waals surface area (Å²) in [5, 5.41) is 3.78. The lowest BCUT2D eigenvalue weighted by atomic mass is 9.77. The number of carbonyl (C=O) groups is 1. The van der Waals surface area contributed by atoms with Crippen LogP contribution < -0.4 is 5.46 Å². The summed E-state index contributed by atoms with van der Waals surface area (Å²) in [6.07, 6.45) is -4.91. The number of carbonyl (C=O) groups excluding carboxylic acids is 1. The van der Waals surface area contributed by atoms with Crippen LogP contribution >= 0.6 is 0 Å². The summed E-state index contributed by atoms with van der Waals surface area (Å²) < 4.78 is 58.1. The highest BCUT2D eigenvalue weighted by Gasteiger charge is 2.52. The normalized spacial score (nSPS) is 18.2. The van der Waals surface area contributed by atoms with Crippen molar-refractivity contribution in [2.45, 2.75) is 84.1 Å². The number of aromatic nitrogens is 2. The van der Waals surface area contributed by atoms with Crippen molar-refractivity contribution in [1.29, 1.82) is 0 Å². The zero-order valence-corrected chi connectivity index (χ0v) is 19.4. The van der Waals surface area contributed by atoms with E-state index in [1.165, 1.54) is 6.07 Å². The number of alkyl halides is 3. The zero-order valence-electron chi connectivity index (χ0n) is 19.4. The predicted molar refractivity (Wildman–Crippen MR) is 113 cm³/mol. The summed E-state index contributed by atoms with van der Waals surface area (Å²) in [5.41, 5.74) is -2.29. The van der Waals surface area contributed by atoms with E-state index in [1.54, 1.807) is 6.07 Å². The maximum absolute atomic E-state index is 13.8. The number of benzene rings is 1. The Morgan fingerprint density at radius 1 is 1.06 bits per heavy atom. The van der Waals surface area contributed by atoms with Crippen LogP contribution in [0.1, 0.15) is 82.5 Å². The zero-order chi connectivity index (χ0) is 24.1. The molecule has 32 heavy (non-hydrogen) atoms. The van der Waals surface area contributed by atoms with E-state index in [2.05, 4.69) is 10.1 Å². The van der Waals surface area contributed by atoms with E-state index < -0.39 is 41.3 Å². The molecule has 0 atom stereocenters. The molecular weight excluding hydrogens is 424 g/mol. The predicted octanol–water partition coefficient (Wildman–Crippen LogP) is 4.50. The summed E-state index contributed by atoms with van der Waals surface area (Å²) in [6.45, 7) is 12.9. The third-order valence-corrected chi connectivity index (χ3v) is 5.92. The average molecular weight is 452 g/mol. The average Bonchev–Trinajstić information content (AvgIpc) is 3.22. The minimum absolute atomic E-state index is 0.00155. The number of hydrogen-bond donors (Lipinski definition) is 0. The molecule has 1 aromatic carbocycles. The van der Waals surface area contributed by atoms with Gasteiger partial charge in [0.1, 0.15) is 0 Å². The Labute approximate surface area is 186 Å². The molecule has 174 valence electrons. The summed E-state index contributed by atoms with van der Waals surface area (Å²) in [7, 11) is -0.911. The van der Waals surface area contributed by atoms with Crippen LogP contribution in [-0.4, -0.2) is 34.2 Å². The summed E-state index contributed by atoms with van der Waals surface area (Å²) in [4.78, 5) is 16.5. The first-order valence-corrected chi connectivity index (χ1v) is 10.4. The minimum Gasteiger partial charge on any atom is -0.399 e. The van der Waals surface area contributed by atoms with Gasteiger partial charge in [0.05, 0.1) is 16.8 Å². The number of Topliss-reactive ketones (excluding diaryl/α,β-unsaturated/α-hetero) is 1. The highest BCUT2D eigenvalue weighted by Crippen LogP contribution is 2.37. The molecule has 1 saturated heterocycles. The van der Waals surface area contributed by atoms with Crippen molar-refractivity contribution in [3.63, 3.8) is 0 Å². The van der Waals surface area contributed by atoms with Crippen molar-refractivity contribution in [3.8, 4) is 0 Å². The number of rotatable bonds is 5. The molecule has 0 amide bonds. The molecule has 6 nitrogen and oxygen atoms in total. The van der Waals surface area contributed by atoms with Crippen LogP contribution in [0.4, 0.5) is 13.2 Å². The highest BCUT2D eigenvalue weighted by molar-refractivity contribution is 6.62. The van der Waals surface area contributed by atoms with E-state index in [9.17, 15) is 18.0 Å². The van der Waals surface area contributed by atoms with Gasteiger partial charge >= 0.3 is 13.3 Å². The Hall–Kier alpha value is -2.20. The second-order valence-corrected chi connectivity index (χ2v) is 10.1. The van der Waals surface area contributed by atoms with Gasteiger partial charge in [-0.3, -0.25) is 4.79 Å². The van der Waals surface area contributed by atoms with Crippen LogP contribution in [0.25, 0.3) is 0 Å². The largest absolute Gasteiger partial charge is 0.494 e. The fraction of sp³-hybridized carbons (Fsp3) is 0.591. The van der Waals surface area contributed by atoms with Crippen molar-refractivity contribution in [2.75, 3.05) is 0 Å². The summed E-state index contributed by atoms with van der Waals surface area (Å²) >= 11 is 0. The van der Waals surface area contributed by atoms with Gasteiger partial charge in [-0.1, -0.05) is 38.1 Å². The second kappa shape index (κ2) is 7.99. The summed E-state index contributed by atoms with van der Waals surface area (Å²) in [6, 6.07) is 3.94. The number of nitrogens with zero attached hydrogens (tertiary/aromatic N) is 2. The van der Waals surface area contributed by atoms with Crippen molar-refractivity contribution >= 4 is 18.4 Å².